The van der Waals surface area contributed by atoms with Gasteiger partial charge < -0.3 is 10.1 Å². The summed E-state index contributed by atoms with van der Waals surface area (Å²) >= 11 is 6.02. The van der Waals surface area contributed by atoms with Gasteiger partial charge in [0.1, 0.15) is 10.6 Å². The molecule has 0 aliphatic rings. The van der Waals surface area contributed by atoms with Crippen LogP contribution in [0, 0.1) is 0 Å². The van der Waals surface area contributed by atoms with E-state index in [1.54, 1.807) is 24.3 Å². The van der Waals surface area contributed by atoms with Crippen LogP contribution in [0.1, 0.15) is 23.7 Å². The van der Waals surface area contributed by atoms with Gasteiger partial charge in [0, 0.05) is 12.6 Å². The minimum absolute atomic E-state index is 0.0119. The molecule has 146 valence electrons. The summed E-state index contributed by atoms with van der Waals surface area (Å²) in [6.07, 6.45) is 0.827. The molecule has 0 spiro atoms. The summed E-state index contributed by atoms with van der Waals surface area (Å²) in [6, 6.07) is 11.0. The lowest BCUT2D eigenvalue weighted by molar-refractivity contribution is -0.0258. The van der Waals surface area contributed by atoms with Crippen molar-refractivity contribution in [1.82, 2.24) is 4.47 Å². The zero-order valence-electron chi connectivity index (χ0n) is 15.2. The maximum Gasteiger partial charge on any atom is 0.266 e. The molecule has 0 unspecified atom stereocenters. The molecule has 9 heteroatoms. The Morgan fingerprint density at radius 1 is 1.22 bits per heavy atom. The number of rotatable bonds is 8. The number of carbonyl (C=O) groups excluding carboxylic acids is 1. The molecule has 0 saturated heterocycles. The van der Waals surface area contributed by atoms with Gasteiger partial charge in [0.2, 0.25) is 0 Å². The van der Waals surface area contributed by atoms with Crippen molar-refractivity contribution in [1.29, 1.82) is 0 Å². The normalized spacial score (nSPS) is 11.4. The largest absolute Gasteiger partial charge is 0.491 e. The minimum Gasteiger partial charge on any atom is -0.491 e. The van der Waals surface area contributed by atoms with Crippen LogP contribution >= 0.6 is 11.6 Å². The molecule has 0 bridgehead atoms. The number of anilines is 1. The van der Waals surface area contributed by atoms with Crippen molar-refractivity contribution in [2.24, 2.45) is 0 Å². The van der Waals surface area contributed by atoms with E-state index in [0.717, 1.165) is 6.42 Å². The van der Waals surface area contributed by atoms with Crippen molar-refractivity contribution < 1.29 is 22.8 Å². The van der Waals surface area contributed by atoms with Gasteiger partial charge in [-0.25, -0.2) is 8.42 Å². The van der Waals surface area contributed by atoms with Crippen molar-refractivity contribution in [3.8, 4) is 5.75 Å². The van der Waals surface area contributed by atoms with E-state index >= 15 is 0 Å². The molecule has 0 heterocycles. The first-order valence-electron chi connectivity index (χ1n) is 8.17. The van der Waals surface area contributed by atoms with Crippen LogP contribution in [-0.4, -0.2) is 39.6 Å². The fraction of sp³-hybridized carbons (Fsp3) is 0.278. The Balaban J connectivity index is 2.32. The number of halogens is 1. The maximum absolute atomic E-state index is 12.6. The third kappa shape index (κ3) is 4.98. The highest BCUT2D eigenvalue weighted by molar-refractivity contribution is 7.89. The molecule has 0 aliphatic heterocycles. The Labute approximate surface area is 163 Å². The number of nitrogens with zero attached hydrogens (tertiary/aromatic N) is 1. The summed E-state index contributed by atoms with van der Waals surface area (Å²) < 4.78 is 31.2. The Morgan fingerprint density at radius 3 is 2.59 bits per heavy atom. The van der Waals surface area contributed by atoms with E-state index in [1.165, 1.54) is 32.4 Å². The number of amides is 1. The third-order valence-electron chi connectivity index (χ3n) is 3.66. The van der Waals surface area contributed by atoms with Crippen molar-refractivity contribution in [3.63, 3.8) is 0 Å². The van der Waals surface area contributed by atoms with Crippen LogP contribution in [0.4, 0.5) is 5.69 Å². The van der Waals surface area contributed by atoms with Gasteiger partial charge in [-0.1, -0.05) is 35.1 Å². The van der Waals surface area contributed by atoms with Crippen LogP contribution in [0.5, 0.6) is 5.75 Å². The SMILES string of the molecule is CCCOc1ccccc1NC(=O)c1ccc(Cl)c(S(=O)(=O)N(C)OC)c1. The molecule has 2 aromatic rings. The number of para-hydroxylation sites is 2. The van der Waals surface area contributed by atoms with Crippen LogP contribution in [0.15, 0.2) is 47.4 Å². The lowest BCUT2D eigenvalue weighted by Crippen LogP contribution is -2.26. The summed E-state index contributed by atoms with van der Waals surface area (Å²) in [7, 11) is -1.54. The van der Waals surface area contributed by atoms with E-state index in [2.05, 4.69) is 5.32 Å². The summed E-state index contributed by atoms with van der Waals surface area (Å²) in [5.41, 5.74) is 0.622. The maximum atomic E-state index is 12.6. The molecule has 2 rings (SSSR count). The molecule has 2 aromatic carbocycles. The lowest BCUT2D eigenvalue weighted by atomic mass is 10.2. The van der Waals surface area contributed by atoms with Crippen LogP contribution in [-0.2, 0) is 14.9 Å². The third-order valence-corrected chi connectivity index (χ3v) is 5.83. The van der Waals surface area contributed by atoms with Crippen LogP contribution in [0.25, 0.3) is 0 Å². The van der Waals surface area contributed by atoms with Gasteiger partial charge in [-0.05, 0) is 36.8 Å². The van der Waals surface area contributed by atoms with Crippen LogP contribution in [0.2, 0.25) is 5.02 Å². The molecule has 0 atom stereocenters. The first-order valence-corrected chi connectivity index (χ1v) is 9.98. The summed E-state index contributed by atoms with van der Waals surface area (Å²) in [4.78, 5) is 17.1. The summed E-state index contributed by atoms with van der Waals surface area (Å²) in [6.45, 7) is 2.49. The molecule has 0 saturated carbocycles. The number of carbonyl (C=O) groups is 1. The zero-order chi connectivity index (χ0) is 20.0. The summed E-state index contributed by atoms with van der Waals surface area (Å²) in [5, 5.41) is 2.72. The predicted molar refractivity (Wildman–Crippen MR) is 104 cm³/mol. The molecular formula is C18H21ClN2O5S. The van der Waals surface area contributed by atoms with Crippen LogP contribution < -0.4 is 10.1 Å². The molecule has 27 heavy (non-hydrogen) atoms. The first-order chi connectivity index (χ1) is 12.8. The quantitative estimate of drug-likeness (QED) is 0.670. The average Bonchev–Trinajstić information content (AvgIpc) is 2.66. The summed E-state index contributed by atoms with van der Waals surface area (Å²) in [5.74, 6) is 0.0457. The topological polar surface area (TPSA) is 84.9 Å². The van der Waals surface area contributed by atoms with Crippen molar-refractivity contribution in [2.75, 3.05) is 26.1 Å². The number of nitrogens with one attached hydrogen (secondary N) is 1. The van der Waals surface area contributed by atoms with Gasteiger partial charge in [0.05, 0.1) is 24.4 Å². The Bertz CT molecular complexity index is 918. The second-order valence-corrected chi connectivity index (χ2v) is 7.85. The molecule has 0 fully saturated rings. The second kappa shape index (κ2) is 9.18. The highest BCUT2D eigenvalue weighted by Gasteiger charge is 2.25. The highest BCUT2D eigenvalue weighted by Crippen LogP contribution is 2.27. The molecule has 0 aromatic heterocycles. The minimum atomic E-state index is -3.99. The number of benzene rings is 2. The van der Waals surface area contributed by atoms with E-state index in [-0.39, 0.29) is 15.5 Å². The van der Waals surface area contributed by atoms with Crippen LogP contribution in [0.3, 0.4) is 0 Å². The van der Waals surface area contributed by atoms with Gasteiger partial charge >= 0.3 is 0 Å². The molecule has 1 amide bonds. The number of hydrogen-bond donors (Lipinski definition) is 1. The molecule has 7 nitrogen and oxygen atoms in total. The Kier molecular flexibility index (Phi) is 7.20. The van der Waals surface area contributed by atoms with E-state index in [1.807, 2.05) is 6.92 Å². The molecule has 1 N–H and O–H groups in total. The molecular weight excluding hydrogens is 392 g/mol. The van der Waals surface area contributed by atoms with E-state index in [0.29, 0.717) is 22.5 Å². The van der Waals surface area contributed by atoms with E-state index in [4.69, 9.17) is 21.2 Å². The van der Waals surface area contributed by atoms with Gasteiger partial charge in [0.15, 0.2) is 0 Å². The monoisotopic (exact) mass is 412 g/mol. The predicted octanol–water partition coefficient (Wildman–Crippen LogP) is 3.56. The first kappa shape index (κ1) is 21.2. The number of ether oxygens (including phenoxy) is 1. The van der Waals surface area contributed by atoms with Crippen molar-refractivity contribution in [2.45, 2.75) is 18.2 Å². The van der Waals surface area contributed by atoms with Gasteiger partial charge in [-0.2, -0.15) is 0 Å². The zero-order valence-corrected chi connectivity index (χ0v) is 16.8. The van der Waals surface area contributed by atoms with Crippen molar-refractivity contribution >= 4 is 33.2 Å². The Hall–Kier alpha value is -2.13. The average molecular weight is 413 g/mol. The standard InChI is InChI=1S/C18H21ClN2O5S/c1-4-11-26-16-8-6-5-7-15(16)20-18(22)13-9-10-14(19)17(12-13)27(23,24)21(2)25-3/h5-10,12H,4,11H2,1-3H3,(H,20,22). The fourth-order valence-electron chi connectivity index (χ4n) is 2.18. The van der Waals surface area contributed by atoms with Gasteiger partial charge in [-0.15, -0.1) is 0 Å². The van der Waals surface area contributed by atoms with Gasteiger partial charge in [-0.3, -0.25) is 9.63 Å². The second-order valence-electron chi connectivity index (χ2n) is 5.54. The van der Waals surface area contributed by atoms with Gasteiger partial charge in [0.25, 0.3) is 15.9 Å². The Morgan fingerprint density at radius 2 is 1.93 bits per heavy atom. The molecule has 0 radical (unpaired) electrons. The number of hydrogen-bond acceptors (Lipinski definition) is 5. The molecule has 0 aliphatic carbocycles. The van der Waals surface area contributed by atoms with Crippen molar-refractivity contribution in [3.05, 3.63) is 53.1 Å². The fourth-order valence-corrected chi connectivity index (χ4v) is 3.65. The number of hydroxylamine groups is 1. The highest BCUT2D eigenvalue weighted by atomic mass is 35.5. The van der Waals surface area contributed by atoms with E-state index in [9.17, 15) is 13.2 Å². The number of sulfonamides is 1. The smallest absolute Gasteiger partial charge is 0.266 e. The van der Waals surface area contributed by atoms with E-state index < -0.39 is 15.9 Å². The lowest BCUT2D eigenvalue weighted by Gasteiger charge is -2.16.